The van der Waals surface area contributed by atoms with E-state index >= 15 is 0 Å². The number of carboxylic acids is 1. The van der Waals surface area contributed by atoms with E-state index < -0.39 is 33.6 Å². The Labute approximate surface area is 118 Å². The molecule has 1 aliphatic carbocycles. The quantitative estimate of drug-likeness (QED) is 0.622. The van der Waals surface area contributed by atoms with Crippen molar-refractivity contribution in [2.45, 2.75) is 25.7 Å². The van der Waals surface area contributed by atoms with Gasteiger partial charge >= 0.3 is 11.7 Å². The highest BCUT2D eigenvalue weighted by Crippen LogP contribution is 2.44. The third kappa shape index (κ3) is 3.26. The number of aliphatic carboxylic acids is 1. The normalized spacial score (nSPS) is 16.1. The smallest absolute Gasteiger partial charge is 0.327 e. The third-order valence-corrected chi connectivity index (χ3v) is 3.81. The molecule has 0 heterocycles. The second kappa shape index (κ2) is 5.63. The standard InChI is InChI=1S/C13H14F2N2O4/c14-8-4-9(15)12(17(20)21)10(5-8)16-7-13(2-1-3-13)6-11(18)19/h4-5,16H,1-3,6-7H2,(H,18,19). The molecule has 0 radical (unpaired) electrons. The van der Waals surface area contributed by atoms with E-state index in [1.165, 1.54) is 0 Å². The van der Waals surface area contributed by atoms with Crippen molar-refractivity contribution in [2.75, 3.05) is 11.9 Å². The molecule has 8 heteroatoms. The summed E-state index contributed by atoms with van der Waals surface area (Å²) in [5.41, 5.74) is -1.61. The van der Waals surface area contributed by atoms with E-state index in [9.17, 15) is 23.7 Å². The van der Waals surface area contributed by atoms with Gasteiger partial charge in [-0.3, -0.25) is 14.9 Å². The van der Waals surface area contributed by atoms with Gasteiger partial charge in [0, 0.05) is 18.7 Å². The lowest BCUT2D eigenvalue weighted by Crippen LogP contribution is -2.38. The number of nitro groups is 1. The molecule has 0 saturated heterocycles. The Morgan fingerprint density at radius 3 is 2.57 bits per heavy atom. The summed E-state index contributed by atoms with van der Waals surface area (Å²) in [6.45, 7) is 0.128. The average Bonchev–Trinajstić information content (AvgIpc) is 2.30. The molecule has 1 aliphatic rings. The van der Waals surface area contributed by atoms with Crippen molar-refractivity contribution in [2.24, 2.45) is 5.41 Å². The predicted molar refractivity (Wildman–Crippen MR) is 70.0 cm³/mol. The number of anilines is 1. The van der Waals surface area contributed by atoms with Crippen LogP contribution < -0.4 is 5.32 Å². The van der Waals surface area contributed by atoms with E-state index in [1.807, 2.05) is 0 Å². The molecule has 114 valence electrons. The molecule has 0 aliphatic heterocycles. The van der Waals surface area contributed by atoms with E-state index in [0.29, 0.717) is 18.9 Å². The van der Waals surface area contributed by atoms with Crippen molar-refractivity contribution >= 4 is 17.3 Å². The lowest BCUT2D eigenvalue weighted by Gasteiger charge is -2.41. The van der Waals surface area contributed by atoms with Crippen LogP contribution in [0, 0.1) is 27.2 Å². The van der Waals surface area contributed by atoms with Crippen molar-refractivity contribution in [3.8, 4) is 0 Å². The van der Waals surface area contributed by atoms with Crippen LogP contribution in [-0.4, -0.2) is 22.5 Å². The van der Waals surface area contributed by atoms with Crippen LogP contribution in [0.15, 0.2) is 12.1 Å². The van der Waals surface area contributed by atoms with E-state index in [2.05, 4.69) is 5.32 Å². The average molecular weight is 300 g/mol. The molecule has 0 unspecified atom stereocenters. The fraction of sp³-hybridized carbons (Fsp3) is 0.462. The van der Waals surface area contributed by atoms with Gasteiger partial charge in [-0.25, -0.2) is 4.39 Å². The highest BCUT2D eigenvalue weighted by atomic mass is 19.1. The van der Waals surface area contributed by atoms with Crippen LogP contribution in [0.4, 0.5) is 20.2 Å². The van der Waals surface area contributed by atoms with Crippen molar-refractivity contribution in [1.29, 1.82) is 0 Å². The minimum absolute atomic E-state index is 0.0778. The second-order valence-corrected chi connectivity index (χ2v) is 5.32. The first-order valence-corrected chi connectivity index (χ1v) is 6.42. The Morgan fingerprint density at radius 2 is 2.10 bits per heavy atom. The summed E-state index contributed by atoms with van der Waals surface area (Å²) in [5.74, 6) is -3.15. The van der Waals surface area contributed by atoms with Gasteiger partial charge in [-0.2, -0.15) is 4.39 Å². The van der Waals surface area contributed by atoms with Gasteiger partial charge in [-0.1, -0.05) is 6.42 Å². The Morgan fingerprint density at radius 1 is 1.43 bits per heavy atom. The number of nitrogens with one attached hydrogen (secondary N) is 1. The highest BCUT2D eigenvalue weighted by molar-refractivity contribution is 5.68. The number of carboxylic acid groups (broad SMARTS) is 1. The summed E-state index contributed by atoms with van der Waals surface area (Å²) in [6.07, 6.45) is 2.12. The van der Waals surface area contributed by atoms with Crippen LogP contribution in [-0.2, 0) is 4.79 Å². The van der Waals surface area contributed by atoms with Crippen molar-refractivity contribution < 1.29 is 23.6 Å². The molecule has 0 bridgehead atoms. The monoisotopic (exact) mass is 300 g/mol. The van der Waals surface area contributed by atoms with Crippen molar-refractivity contribution in [3.05, 3.63) is 33.9 Å². The third-order valence-electron chi connectivity index (χ3n) is 3.81. The van der Waals surface area contributed by atoms with Gasteiger partial charge in [0.25, 0.3) is 0 Å². The zero-order valence-electron chi connectivity index (χ0n) is 11.1. The Bertz CT molecular complexity index is 588. The van der Waals surface area contributed by atoms with Crippen LogP contribution in [0.2, 0.25) is 0 Å². The number of nitro benzene ring substituents is 1. The van der Waals surface area contributed by atoms with Crippen LogP contribution in [0.1, 0.15) is 25.7 Å². The summed E-state index contributed by atoms with van der Waals surface area (Å²) in [4.78, 5) is 20.8. The molecule has 0 amide bonds. The maximum absolute atomic E-state index is 13.5. The Hall–Kier alpha value is -2.25. The number of hydrogen-bond acceptors (Lipinski definition) is 4. The molecular formula is C13H14F2N2O4. The van der Waals surface area contributed by atoms with Gasteiger partial charge in [-0.05, 0) is 18.3 Å². The second-order valence-electron chi connectivity index (χ2n) is 5.32. The fourth-order valence-corrected chi connectivity index (χ4v) is 2.58. The van der Waals surface area contributed by atoms with Crippen LogP contribution in [0.5, 0.6) is 0 Å². The largest absolute Gasteiger partial charge is 0.481 e. The summed E-state index contributed by atoms with van der Waals surface area (Å²) in [5, 5.41) is 22.4. The van der Waals surface area contributed by atoms with Gasteiger partial charge in [0.1, 0.15) is 11.5 Å². The highest BCUT2D eigenvalue weighted by Gasteiger charge is 2.39. The number of carbonyl (C=O) groups is 1. The first-order valence-electron chi connectivity index (χ1n) is 6.42. The maximum Gasteiger partial charge on any atom is 0.327 e. The molecule has 1 aromatic carbocycles. The summed E-state index contributed by atoms with van der Waals surface area (Å²) < 4.78 is 26.7. The first kappa shape index (κ1) is 15.1. The van der Waals surface area contributed by atoms with Gasteiger partial charge in [-0.15, -0.1) is 0 Å². The summed E-state index contributed by atoms with van der Waals surface area (Å²) in [7, 11) is 0. The van der Waals surface area contributed by atoms with Crippen LogP contribution in [0.3, 0.4) is 0 Å². The first-order chi connectivity index (χ1) is 9.83. The molecule has 0 spiro atoms. The van der Waals surface area contributed by atoms with Crippen molar-refractivity contribution in [3.63, 3.8) is 0 Å². The lowest BCUT2D eigenvalue weighted by atomic mass is 9.66. The van der Waals surface area contributed by atoms with Gasteiger partial charge in [0.05, 0.1) is 11.3 Å². The van der Waals surface area contributed by atoms with E-state index in [0.717, 1.165) is 12.5 Å². The summed E-state index contributed by atoms with van der Waals surface area (Å²) in [6, 6.07) is 1.29. The Balaban J connectivity index is 2.19. The van der Waals surface area contributed by atoms with E-state index in [1.54, 1.807) is 0 Å². The molecule has 21 heavy (non-hydrogen) atoms. The van der Waals surface area contributed by atoms with Crippen LogP contribution >= 0.6 is 0 Å². The minimum atomic E-state index is -1.26. The molecule has 0 atom stereocenters. The molecular weight excluding hydrogens is 286 g/mol. The molecule has 1 saturated carbocycles. The van der Waals surface area contributed by atoms with Crippen LogP contribution in [0.25, 0.3) is 0 Å². The maximum atomic E-state index is 13.5. The topological polar surface area (TPSA) is 92.5 Å². The van der Waals surface area contributed by atoms with Gasteiger partial charge in [0.15, 0.2) is 0 Å². The fourth-order valence-electron chi connectivity index (χ4n) is 2.58. The number of rotatable bonds is 6. The number of nitrogens with zero attached hydrogens (tertiary/aromatic N) is 1. The number of halogens is 2. The van der Waals surface area contributed by atoms with Gasteiger partial charge in [0.2, 0.25) is 5.82 Å². The molecule has 1 aromatic rings. The SMILES string of the molecule is O=C(O)CC1(CNc2cc(F)cc(F)c2[N+](=O)[O-])CCC1. The minimum Gasteiger partial charge on any atom is -0.481 e. The van der Waals surface area contributed by atoms with E-state index in [-0.39, 0.29) is 18.7 Å². The summed E-state index contributed by atoms with van der Waals surface area (Å²) >= 11 is 0. The lowest BCUT2D eigenvalue weighted by molar-refractivity contribution is -0.386. The molecule has 2 rings (SSSR count). The predicted octanol–water partition coefficient (Wildman–Crippen LogP) is 2.93. The number of hydrogen-bond donors (Lipinski definition) is 2. The van der Waals surface area contributed by atoms with Gasteiger partial charge < -0.3 is 10.4 Å². The number of benzene rings is 1. The Kier molecular flexibility index (Phi) is 4.06. The zero-order valence-corrected chi connectivity index (χ0v) is 11.1. The molecule has 1 fully saturated rings. The van der Waals surface area contributed by atoms with E-state index in [4.69, 9.17) is 5.11 Å². The molecule has 0 aromatic heterocycles. The molecule has 6 nitrogen and oxygen atoms in total. The van der Waals surface area contributed by atoms with Crippen molar-refractivity contribution in [1.82, 2.24) is 0 Å². The zero-order chi connectivity index (χ0) is 15.6. The molecule has 2 N–H and O–H groups in total.